The topological polar surface area (TPSA) is 90.9 Å². The summed E-state index contributed by atoms with van der Waals surface area (Å²) in [5, 5.41) is 2.82. The van der Waals surface area contributed by atoms with Crippen molar-refractivity contribution in [2.45, 2.75) is 33.5 Å². The van der Waals surface area contributed by atoms with Crippen molar-refractivity contribution in [1.82, 2.24) is 0 Å². The molecule has 1 heterocycles. The molecule has 0 saturated carbocycles. The molecule has 2 rings (SSSR count). The SMILES string of the molecule is COC(=O)c1cc(NC=C2C(=O)OC(C)(C)OC2=O)cc(C)c1C. The second kappa shape index (κ2) is 6.35. The zero-order valence-electron chi connectivity index (χ0n) is 14.2. The van der Waals surface area contributed by atoms with E-state index >= 15 is 0 Å². The highest BCUT2D eigenvalue weighted by molar-refractivity contribution is 6.15. The molecule has 1 N–H and O–H groups in total. The van der Waals surface area contributed by atoms with Crippen LogP contribution in [0.4, 0.5) is 5.69 Å². The maximum atomic E-state index is 11.9. The fraction of sp³-hybridized carbons (Fsp3) is 0.353. The molecule has 1 aliphatic rings. The molecule has 0 aromatic heterocycles. The Morgan fingerprint density at radius 2 is 1.75 bits per heavy atom. The van der Waals surface area contributed by atoms with Crippen LogP contribution in [0, 0.1) is 13.8 Å². The summed E-state index contributed by atoms with van der Waals surface area (Å²) < 4.78 is 14.8. The van der Waals surface area contributed by atoms with Crippen LogP contribution < -0.4 is 5.32 Å². The van der Waals surface area contributed by atoms with Gasteiger partial charge >= 0.3 is 17.9 Å². The van der Waals surface area contributed by atoms with Gasteiger partial charge in [-0.2, -0.15) is 0 Å². The summed E-state index contributed by atoms with van der Waals surface area (Å²) in [6.07, 6.45) is 1.20. The van der Waals surface area contributed by atoms with Crippen LogP contribution >= 0.6 is 0 Å². The molecule has 0 atom stereocenters. The molecule has 0 amide bonds. The number of carbonyl (C=O) groups excluding carboxylic acids is 3. The summed E-state index contributed by atoms with van der Waals surface area (Å²) in [5.74, 6) is -3.31. The number of anilines is 1. The molecule has 1 fully saturated rings. The summed E-state index contributed by atoms with van der Waals surface area (Å²) in [7, 11) is 1.30. The highest BCUT2D eigenvalue weighted by Crippen LogP contribution is 2.24. The Kier molecular flexibility index (Phi) is 4.64. The molecule has 1 aromatic carbocycles. The van der Waals surface area contributed by atoms with E-state index in [1.165, 1.54) is 27.2 Å². The number of cyclic esters (lactones) is 2. The predicted molar refractivity (Wildman–Crippen MR) is 85.2 cm³/mol. The van der Waals surface area contributed by atoms with E-state index in [2.05, 4.69) is 5.32 Å². The molecular formula is C17H19NO6. The minimum Gasteiger partial charge on any atom is -0.465 e. The van der Waals surface area contributed by atoms with Crippen molar-refractivity contribution in [3.8, 4) is 0 Å². The average Bonchev–Trinajstić information content (AvgIpc) is 2.47. The van der Waals surface area contributed by atoms with E-state index < -0.39 is 23.7 Å². The Balaban J connectivity index is 2.29. The van der Waals surface area contributed by atoms with Crippen molar-refractivity contribution in [2.75, 3.05) is 12.4 Å². The number of esters is 3. The molecule has 0 unspecified atom stereocenters. The smallest absolute Gasteiger partial charge is 0.350 e. The fourth-order valence-corrected chi connectivity index (χ4v) is 2.20. The van der Waals surface area contributed by atoms with Gasteiger partial charge in [-0.1, -0.05) is 0 Å². The van der Waals surface area contributed by atoms with Gasteiger partial charge in [0.2, 0.25) is 0 Å². The Morgan fingerprint density at radius 1 is 1.17 bits per heavy atom. The van der Waals surface area contributed by atoms with E-state index in [1.807, 2.05) is 13.8 Å². The van der Waals surface area contributed by atoms with Gasteiger partial charge in [0.1, 0.15) is 0 Å². The van der Waals surface area contributed by atoms with E-state index in [0.29, 0.717) is 11.3 Å². The van der Waals surface area contributed by atoms with Crippen LogP contribution in [0.15, 0.2) is 23.9 Å². The lowest BCUT2D eigenvalue weighted by atomic mass is 10.0. The molecule has 7 nitrogen and oxygen atoms in total. The van der Waals surface area contributed by atoms with Crippen molar-refractivity contribution in [2.24, 2.45) is 0 Å². The van der Waals surface area contributed by atoms with Gasteiger partial charge in [-0.15, -0.1) is 0 Å². The monoisotopic (exact) mass is 333 g/mol. The largest absolute Gasteiger partial charge is 0.465 e. The molecule has 1 saturated heterocycles. The van der Waals surface area contributed by atoms with Gasteiger partial charge in [0.05, 0.1) is 12.7 Å². The maximum Gasteiger partial charge on any atom is 0.350 e. The van der Waals surface area contributed by atoms with Crippen LogP contribution in [0.25, 0.3) is 0 Å². The van der Waals surface area contributed by atoms with Crippen molar-refractivity contribution >= 4 is 23.6 Å². The van der Waals surface area contributed by atoms with Crippen molar-refractivity contribution in [3.63, 3.8) is 0 Å². The lowest BCUT2D eigenvalue weighted by molar-refractivity contribution is -0.222. The first-order valence-corrected chi connectivity index (χ1v) is 7.27. The zero-order valence-corrected chi connectivity index (χ0v) is 14.2. The number of rotatable bonds is 3. The zero-order chi connectivity index (χ0) is 18.1. The van der Waals surface area contributed by atoms with Gasteiger partial charge in [-0.3, -0.25) is 0 Å². The summed E-state index contributed by atoms with van der Waals surface area (Å²) in [6, 6.07) is 3.36. The van der Waals surface area contributed by atoms with Gasteiger partial charge in [0, 0.05) is 25.7 Å². The first kappa shape index (κ1) is 17.5. The van der Waals surface area contributed by atoms with Crippen LogP contribution in [0.2, 0.25) is 0 Å². The fourth-order valence-electron chi connectivity index (χ4n) is 2.20. The minimum atomic E-state index is -1.29. The number of methoxy groups -OCH3 is 1. The van der Waals surface area contributed by atoms with E-state index in [-0.39, 0.29) is 5.57 Å². The quantitative estimate of drug-likeness (QED) is 0.515. The number of aryl methyl sites for hydroxylation is 1. The van der Waals surface area contributed by atoms with Gasteiger partial charge in [-0.05, 0) is 37.1 Å². The van der Waals surface area contributed by atoms with Crippen LogP contribution in [0.3, 0.4) is 0 Å². The first-order chi connectivity index (χ1) is 11.1. The Labute approximate surface area is 139 Å². The summed E-state index contributed by atoms with van der Waals surface area (Å²) >= 11 is 0. The summed E-state index contributed by atoms with van der Waals surface area (Å²) in [5.41, 5.74) is 2.31. The second-order valence-electron chi connectivity index (χ2n) is 5.84. The van der Waals surface area contributed by atoms with Gasteiger partial charge < -0.3 is 19.5 Å². The predicted octanol–water partition coefficient (Wildman–Crippen LogP) is 2.22. The molecule has 24 heavy (non-hydrogen) atoms. The van der Waals surface area contributed by atoms with Crippen LogP contribution in [0.1, 0.15) is 35.3 Å². The average molecular weight is 333 g/mol. The molecular weight excluding hydrogens is 314 g/mol. The van der Waals surface area contributed by atoms with Crippen molar-refractivity contribution < 1.29 is 28.6 Å². The molecule has 1 aliphatic heterocycles. The third kappa shape index (κ3) is 3.56. The van der Waals surface area contributed by atoms with Gasteiger partial charge in [-0.25, -0.2) is 14.4 Å². The molecule has 0 aliphatic carbocycles. The van der Waals surface area contributed by atoms with E-state index in [4.69, 9.17) is 14.2 Å². The summed E-state index contributed by atoms with van der Waals surface area (Å²) in [6.45, 7) is 6.59. The second-order valence-corrected chi connectivity index (χ2v) is 5.84. The molecule has 1 aromatic rings. The van der Waals surface area contributed by atoms with Crippen molar-refractivity contribution in [1.29, 1.82) is 0 Å². The highest BCUT2D eigenvalue weighted by Gasteiger charge is 2.38. The van der Waals surface area contributed by atoms with Gasteiger partial charge in [0.25, 0.3) is 5.79 Å². The highest BCUT2D eigenvalue weighted by atomic mass is 16.7. The molecule has 0 spiro atoms. The van der Waals surface area contributed by atoms with E-state index in [1.54, 1.807) is 12.1 Å². The number of ether oxygens (including phenoxy) is 3. The number of hydrogen-bond donors (Lipinski definition) is 1. The third-order valence-corrected chi connectivity index (χ3v) is 3.57. The van der Waals surface area contributed by atoms with Crippen molar-refractivity contribution in [3.05, 3.63) is 40.6 Å². The lowest BCUT2D eigenvalue weighted by Crippen LogP contribution is -2.42. The van der Waals surface area contributed by atoms with E-state index in [0.717, 1.165) is 11.1 Å². The Morgan fingerprint density at radius 3 is 2.29 bits per heavy atom. The number of hydrogen-bond acceptors (Lipinski definition) is 7. The Bertz CT molecular complexity index is 726. The van der Waals surface area contributed by atoms with Crippen LogP contribution in [-0.2, 0) is 23.8 Å². The first-order valence-electron chi connectivity index (χ1n) is 7.27. The number of carbonyl (C=O) groups is 3. The third-order valence-electron chi connectivity index (χ3n) is 3.57. The van der Waals surface area contributed by atoms with E-state index in [9.17, 15) is 14.4 Å². The number of benzene rings is 1. The maximum absolute atomic E-state index is 11.9. The number of nitrogens with one attached hydrogen (secondary N) is 1. The van der Waals surface area contributed by atoms with Crippen LogP contribution in [0.5, 0.6) is 0 Å². The van der Waals surface area contributed by atoms with Gasteiger partial charge in [0.15, 0.2) is 5.57 Å². The lowest BCUT2D eigenvalue weighted by Gasteiger charge is -2.29. The summed E-state index contributed by atoms with van der Waals surface area (Å²) in [4.78, 5) is 35.6. The molecule has 128 valence electrons. The molecule has 0 radical (unpaired) electrons. The Hall–Kier alpha value is -2.83. The van der Waals surface area contributed by atoms with Crippen LogP contribution in [-0.4, -0.2) is 30.8 Å². The normalized spacial score (nSPS) is 16.1. The molecule has 7 heteroatoms. The minimum absolute atomic E-state index is 0.257. The molecule has 0 bridgehead atoms. The standard InChI is InChI=1S/C17H19NO6/c1-9-6-11(7-12(10(9)2)14(19)22-5)18-8-13-15(20)23-17(3,4)24-16(13)21/h6-8,18H,1-5H3.